The molecule has 2 heterocycles. The molecule has 2 aromatic rings. The van der Waals surface area contributed by atoms with Gasteiger partial charge in [0.15, 0.2) is 5.82 Å². The van der Waals surface area contributed by atoms with Crippen LogP contribution in [0.15, 0.2) is 17.5 Å². The summed E-state index contributed by atoms with van der Waals surface area (Å²) in [5.41, 5.74) is 8.23. The van der Waals surface area contributed by atoms with Crippen molar-refractivity contribution in [1.82, 2.24) is 10.2 Å². The van der Waals surface area contributed by atoms with E-state index >= 15 is 0 Å². The zero-order valence-corrected chi connectivity index (χ0v) is 10.7. The smallest absolute Gasteiger partial charge is 0.154 e. The second kappa shape index (κ2) is 3.94. The molecule has 0 aliphatic carbocycles. The fourth-order valence-electron chi connectivity index (χ4n) is 1.69. The van der Waals surface area contributed by atoms with Crippen LogP contribution in [0.3, 0.4) is 0 Å². The van der Waals surface area contributed by atoms with Crippen molar-refractivity contribution >= 4 is 17.2 Å². The van der Waals surface area contributed by atoms with E-state index in [0.29, 0.717) is 5.82 Å². The van der Waals surface area contributed by atoms with E-state index in [1.165, 1.54) is 4.88 Å². The van der Waals surface area contributed by atoms with Gasteiger partial charge in [-0.15, -0.1) is 11.3 Å². The molecular weight excluding hydrogens is 218 g/mol. The topological polar surface area (TPSA) is 54.7 Å². The first-order valence-corrected chi connectivity index (χ1v) is 6.32. The van der Waals surface area contributed by atoms with E-state index in [1.54, 1.807) is 11.3 Å². The van der Waals surface area contributed by atoms with Crippen LogP contribution in [0.5, 0.6) is 0 Å². The zero-order chi connectivity index (χ0) is 11.8. The number of hydrogen-bond donors (Lipinski definition) is 2. The maximum atomic E-state index is 5.95. The molecule has 2 aromatic heterocycles. The summed E-state index contributed by atoms with van der Waals surface area (Å²) in [6.45, 7) is 6.59. The van der Waals surface area contributed by atoms with Gasteiger partial charge in [-0.05, 0) is 17.9 Å². The summed E-state index contributed by atoms with van der Waals surface area (Å²) in [5, 5.41) is 9.29. The molecule has 0 spiro atoms. The van der Waals surface area contributed by atoms with Gasteiger partial charge in [0.1, 0.15) is 0 Å². The number of rotatable bonds is 3. The Hall–Kier alpha value is -1.29. The van der Waals surface area contributed by atoms with Crippen LogP contribution in [-0.2, 0) is 5.41 Å². The van der Waals surface area contributed by atoms with Crippen molar-refractivity contribution in [2.75, 3.05) is 5.73 Å². The molecule has 0 amide bonds. The molecule has 16 heavy (non-hydrogen) atoms. The average molecular weight is 235 g/mol. The molecule has 2 rings (SSSR count). The lowest BCUT2D eigenvalue weighted by atomic mass is 9.84. The van der Waals surface area contributed by atoms with Crippen LogP contribution in [0.1, 0.15) is 32.9 Å². The summed E-state index contributed by atoms with van der Waals surface area (Å²) in [7, 11) is 0. The van der Waals surface area contributed by atoms with E-state index in [4.69, 9.17) is 5.73 Å². The van der Waals surface area contributed by atoms with Crippen LogP contribution in [0, 0.1) is 0 Å². The predicted molar refractivity (Wildman–Crippen MR) is 69.6 cm³/mol. The number of aromatic amines is 1. The minimum Gasteiger partial charge on any atom is -0.382 e. The number of H-pyrrole nitrogens is 1. The summed E-state index contributed by atoms with van der Waals surface area (Å²) in [5.74, 6) is 0.596. The second-order valence-electron chi connectivity index (χ2n) is 4.57. The fourth-order valence-corrected chi connectivity index (χ4v) is 2.48. The van der Waals surface area contributed by atoms with Crippen molar-refractivity contribution in [2.24, 2.45) is 0 Å². The van der Waals surface area contributed by atoms with Crippen molar-refractivity contribution in [2.45, 2.75) is 32.6 Å². The number of thiophene rings is 1. The molecule has 3 N–H and O–H groups in total. The quantitative estimate of drug-likeness (QED) is 0.856. The first-order chi connectivity index (χ1) is 7.56. The predicted octanol–water partition coefficient (Wildman–Crippen LogP) is 3.41. The molecule has 3 nitrogen and oxygen atoms in total. The molecule has 0 saturated carbocycles. The van der Waals surface area contributed by atoms with Crippen LogP contribution < -0.4 is 5.73 Å². The van der Waals surface area contributed by atoms with Gasteiger partial charge in [-0.25, -0.2) is 0 Å². The molecule has 0 unspecified atom stereocenters. The summed E-state index contributed by atoms with van der Waals surface area (Å²) < 4.78 is 0. The number of anilines is 1. The van der Waals surface area contributed by atoms with E-state index in [0.717, 1.165) is 17.7 Å². The van der Waals surface area contributed by atoms with Crippen LogP contribution in [0.2, 0.25) is 0 Å². The van der Waals surface area contributed by atoms with E-state index in [1.807, 2.05) is 6.07 Å². The summed E-state index contributed by atoms with van der Waals surface area (Å²) >= 11 is 1.70. The number of nitrogens with zero attached hydrogens (tertiary/aromatic N) is 1. The molecule has 0 fully saturated rings. The van der Waals surface area contributed by atoms with Gasteiger partial charge < -0.3 is 5.73 Å². The highest BCUT2D eigenvalue weighted by molar-refractivity contribution is 7.13. The number of nitrogen functional groups attached to an aromatic ring is 1. The average Bonchev–Trinajstić information content (AvgIpc) is 2.86. The van der Waals surface area contributed by atoms with Crippen LogP contribution in [-0.4, -0.2) is 10.2 Å². The van der Waals surface area contributed by atoms with Gasteiger partial charge in [0.25, 0.3) is 0 Å². The highest BCUT2D eigenvalue weighted by Crippen LogP contribution is 2.38. The third kappa shape index (κ3) is 1.73. The fraction of sp³-hybridized carbons (Fsp3) is 0.417. The number of nitrogens with one attached hydrogen (secondary N) is 1. The third-order valence-corrected chi connectivity index (χ3v) is 4.01. The van der Waals surface area contributed by atoms with Gasteiger partial charge in [-0.2, -0.15) is 5.10 Å². The van der Waals surface area contributed by atoms with Gasteiger partial charge in [-0.1, -0.05) is 26.8 Å². The molecule has 0 bridgehead atoms. The van der Waals surface area contributed by atoms with Crippen molar-refractivity contribution in [3.63, 3.8) is 0 Å². The van der Waals surface area contributed by atoms with Crippen molar-refractivity contribution in [3.05, 3.63) is 23.2 Å². The normalized spacial score (nSPS) is 11.9. The summed E-state index contributed by atoms with van der Waals surface area (Å²) in [6, 6.07) is 4.12. The van der Waals surface area contributed by atoms with Crippen molar-refractivity contribution < 1.29 is 0 Å². The van der Waals surface area contributed by atoms with Gasteiger partial charge in [0, 0.05) is 10.3 Å². The lowest BCUT2D eigenvalue weighted by Gasteiger charge is -2.22. The van der Waals surface area contributed by atoms with Gasteiger partial charge in [0.05, 0.1) is 11.3 Å². The Morgan fingerprint density at radius 3 is 2.81 bits per heavy atom. The van der Waals surface area contributed by atoms with Gasteiger partial charge >= 0.3 is 0 Å². The minimum atomic E-state index is 0.0734. The Morgan fingerprint density at radius 2 is 2.25 bits per heavy atom. The summed E-state index contributed by atoms with van der Waals surface area (Å²) in [6.07, 6.45) is 1.05. The molecule has 0 aliphatic rings. The lowest BCUT2D eigenvalue weighted by molar-refractivity contribution is 0.490. The van der Waals surface area contributed by atoms with Crippen LogP contribution >= 0.6 is 11.3 Å². The Morgan fingerprint density at radius 1 is 1.50 bits per heavy atom. The maximum Gasteiger partial charge on any atom is 0.154 e. The monoisotopic (exact) mass is 235 g/mol. The molecular formula is C12H17N3S. The largest absolute Gasteiger partial charge is 0.382 e. The molecule has 0 saturated heterocycles. The van der Waals surface area contributed by atoms with E-state index in [9.17, 15) is 0 Å². The molecule has 0 radical (unpaired) electrons. The Balaban J connectivity index is 2.57. The van der Waals surface area contributed by atoms with Crippen LogP contribution in [0.4, 0.5) is 5.82 Å². The minimum absolute atomic E-state index is 0.0734. The molecule has 0 aliphatic heterocycles. The molecule has 4 heteroatoms. The van der Waals surface area contributed by atoms with Gasteiger partial charge in [-0.3, -0.25) is 5.10 Å². The van der Waals surface area contributed by atoms with E-state index < -0.39 is 0 Å². The van der Waals surface area contributed by atoms with Crippen molar-refractivity contribution in [3.8, 4) is 10.4 Å². The number of nitrogens with two attached hydrogens (primary N) is 1. The van der Waals surface area contributed by atoms with Gasteiger partial charge in [0.2, 0.25) is 0 Å². The first-order valence-electron chi connectivity index (χ1n) is 5.44. The molecule has 0 atom stereocenters. The maximum absolute atomic E-state index is 5.95. The first kappa shape index (κ1) is 11.2. The Bertz CT molecular complexity index is 468. The second-order valence-corrected chi connectivity index (χ2v) is 5.52. The Kier molecular flexibility index (Phi) is 2.76. The highest BCUT2D eigenvalue weighted by atomic mass is 32.1. The lowest BCUT2D eigenvalue weighted by Crippen LogP contribution is -2.17. The standard InChI is InChI=1S/C12H17N3S/c1-4-12(2,3)10-9(11(13)15-14-10)8-6-5-7-16-8/h5-7H,4H2,1-3H3,(H3,13,14,15). The van der Waals surface area contributed by atoms with Crippen molar-refractivity contribution in [1.29, 1.82) is 0 Å². The SMILES string of the molecule is CCC(C)(C)c1[nH]nc(N)c1-c1cccs1. The number of hydrogen-bond acceptors (Lipinski definition) is 3. The zero-order valence-electron chi connectivity index (χ0n) is 9.87. The highest BCUT2D eigenvalue weighted by Gasteiger charge is 2.26. The molecule has 86 valence electrons. The summed E-state index contributed by atoms with van der Waals surface area (Å²) in [4.78, 5) is 1.18. The third-order valence-electron chi connectivity index (χ3n) is 3.12. The number of aromatic nitrogens is 2. The van der Waals surface area contributed by atoms with Crippen LogP contribution in [0.25, 0.3) is 10.4 Å². The Labute approximate surface area is 99.7 Å². The molecule has 0 aromatic carbocycles. The van der Waals surface area contributed by atoms with E-state index in [2.05, 4.69) is 42.4 Å². The van der Waals surface area contributed by atoms with E-state index in [-0.39, 0.29) is 5.41 Å².